The second kappa shape index (κ2) is 2.28. The van der Waals surface area contributed by atoms with Crippen molar-refractivity contribution in [3.63, 3.8) is 0 Å². The number of cyclic esters (lactones) is 1. The van der Waals surface area contributed by atoms with E-state index in [0.717, 1.165) is 24.7 Å². The highest BCUT2D eigenvalue weighted by Crippen LogP contribution is 2.61. The van der Waals surface area contributed by atoms with Gasteiger partial charge in [-0.05, 0) is 43.4 Å². The van der Waals surface area contributed by atoms with Crippen molar-refractivity contribution in [1.29, 1.82) is 0 Å². The molecule has 4 atom stereocenters. The predicted octanol–water partition coefficient (Wildman–Crippen LogP) is 1.99. The first kappa shape index (κ1) is 7.84. The molecule has 0 radical (unpaired) electrons. The van der Waals surface area contributed by atoms with E-state index in [1.165, 1.54) is 12.8 Å². The summed E-state index contributed by atoms with van der Waals surface area (Å²) in [7, 11) is 0. The van der Waals surface area contributed by atoms with Gasteiger partial charge in [-0.1, -0.05) is 6.92 Å². The minimum Gasteiger partial charge on any atom is -0.465 e. The van der Waals surface area contributed by atoms with Gasteiger partial charge in [0.15, 0.2) is 0 Å². The van der Waals surface area contributed by atoms with E-state index in [2.05, 4.69) is 6.92 Å². The van der Waals surface area contributed by atoms with Crippen molar-refractivity contribution in [1.82, 2.24) is 0 Å². The molecule has 0 aromatic rings. The molecular weight excluding hydrogens is 164 g/mol. The predicted molar refractivity (Wildman–Crippen MR) is 48.0 cm³/mol. The highest BCUT2D eigenvalue weighted by Gasteiger charge is 2.60. The van der Waals surface area contributed by atoms with Crippen molar-refractivity contribution >= 4 is 5.97 Å². The molecule has 2 aliphatic carbocycles. The fourth-order valence-electron chi connectivity index (χ4n) is 3.83. The van der Waals surface area contributed by atoms with Gasteiger partial charge in [-0.15, -0.1) is 0 Å². The van der Waals surface area contributed by atoms with E-state index in [1.807, 2.05) is 0 Å². The summed E-state index contributed by atoms with van der Waals surface area (Å²) in [5.41, 5.74) is -0.0167. The van der Waals surface area contributed by atoms with Crippen LogP contribution >= 0.6 is 0 Å². The van der Waals surface area contributed by atoms with Crippen LogP contribution in [0.15, 0.2) is 0 Å². The normalized spacial score (nSPS) is 53.3. The van der Waals surface area contributed by atoms with Crippen molar-refractivity contribution in [2.45, 2.75) is 32.6 Å². The van der Waals surface area contributed by atoms with Crippen molar-refractivity contribution in [3.05, 3.63) is 0 Å². The molecule has 3 unspecified atom stereocenters. The lowest BCUT2D eigenvalue weighted by Crippen LogP contribution is -2.34. The first-order valence-electron chi connectivity index (χ1n) is 5.39. The fraction of sp³-hybridized carbons (Fsp3) is 0.909. The Labute approximate surface area is 78.6 Å². The van der Waals surface area contributed by atoms with Gasteiger partial charge >= 0.3 is 5.97 Å². The van der Waals surface area contributed by atoms with E-state index < -0.39 is 0 Å². The highest BCUT2D eigenvalue weighted by molar-refractivity contribution is 5.79. The zero-order valence-electron chi connectivity index (χ0n) is 8.08. The first-order valence-corrected chi connectivity index (χ1v) is 5.39. The third-order valence-corrected chi connectivity index (χ3v) is 4.64. The Morgan fingerprint density at radius 3 is 2.77 bits per heavy atom. The molecule has 3 fully saturated rings. The molecule has 1 spiro atoms. The molecule has 3 aliphatic rings. The molecule has 1 heterocycles. The lowest BCUT2D eigenvalue weighted by atomic mass is 9.70. The molecule has 0 amide bonds. The number of hydrogen-bond donors (Lipinski definition) is 0. The average molecular weight is 180 g/mol. The van der Waals surface area contributed by atoms with Crippen LogP contribution in [0, 0.1) is 23.2 Å². The zero-order chi connectivity index (χ0) is 9.05. The van der Waals surface area contributed by atoms with Crippen LogP contribution in [-0.4, -0.2) is 12.6 Å². The summed E-state index contributed by atoms with van der Waals surface area (Å²) in [4.78, 5) is 11.7. The Kier molecular flexibility index (Phi) is 1.38. The molecule has 0 aromatic carbocycles. The summed E-state index contributed by atoms with van der Waals surface area (Å²) in [5, 5.41) is 0. The molecule has 1 aliphatic heterocycles. The maximum absolute atomic E-state index is 11.7. The molecule has 0 N–H and O–H groups in total. The number of ether oxygens (including phenoxy) is 1. The molecule has 2 saturated carbocycles. The first-order chi connectivity index (χ1) is 6.22. The molecule has 72 valence electrons. The van der Waals surface area contributed by atoms with Crippen molar-refractivity contribution < 1.29 is 9.53 Å². The minimum absolute atomic E-state index is 0.0167. The van der Waals surface area contributed by atoms with Crippen molar-refractivity contribution in [2.24, 2.45) is 23.2 Å². The SMILES string of the molecule is CC1CC2CC1C[C@]21CCOC1=O. The maximum Gasteiger partial charge on any atom is 0.312 e. The standard InChI is InChI=1S/C11H16O2/c1-7-4-9-5-8(7)6-11(9)2-3-13-10(11)12/h7-9H,2-6H2,1H3/t7?,8?,9?,11-/m1/s1. The van der Waals surface area contributed by atoms with Gasteiger partial charge in [0.1, 0.15) is 0 Å². The van der Waals surface area contributed by atoms with Crippen LogP contribution in [0.2, 0.25) is 0 Å². The van der Waals surface area contributed by atoms with Gasteiger partial charge in [-0.3, -0.25) is 4.79 Å². The van der Waals surface area contributed by atoms with Crippen LogP contribution in [0.4, 0.5) is 0 Å². The number of rotatable bonds is 0. The smallest absolute Gasteiger partial charge is 0.312 e. The van der Waals surface area contributed by atoms with Crippen molar-refractivity contribution in [2.75, 3.05) is 6.61 Å². The largest absolute Gasteiger partial charge is 0.465 e. The molecular formula is C11H16O2. The topological polar surface area (TPSA) is 26.3 Å². The van der Waals surface area contributed by atoms with Gasteiger partial charge in [-0.2, -0.15) is 0 Å². The molecule has 2 heteroatoms. The molecule has 2 nitrogen and oxygen atoms in total. The number of esters is 1. The van der Waals surface area contributed by atoms with Crippen LogP contribution in [0.5, 0.6) is 0 Å². The average Bonchev–Trinajstić information content (AvgIpc) is 2.70. The van der Waals surface area contributed by atoms with E-state index >= 15 is 0 Å². The Morgan fingerprint density at radius 2 is 2.31 bits per heavy atom. The third kappa shape index (κ3) is 0.818. The minimum atomic E-state index is -0.0167. The second-order valence-corrected chi connectivity index (χ2v) is 5.15. The van der Waals surface area contributed by atoms with Crippen LogP contribution < -0.4 is 0 Å². The molecule has 0 aromatic heterocycles. The van der Waals surface area contributed by atoms with E-state index in [0.29, 0.717) is 12.5 Å². The molecule has 2 bridgehead atoms. The van der Waals surface area contributed by atoms with E-state index in [4.69, 9.17) is 4.74 Å². The van der Waals surface area contributed by atoms with E-state index in [1.54, 1.807) is 0 Å². The fourth-order valence-corrected chi connectivity index (χ4v) is 3.83. The molecule has 3 rings (SSSR count). The third-order valence-electron chi connectivity index (χ3n) is 4.64. The van der Waals surface area contributed by atoms with Gasteiger partial charge in [0.25, 0.3) is 0 Å². The lowest BCUT2D eigenvalue weighted by Gasteiger charge is -2.31. The number of carbonyl (C=O) groups excluding carboxylic acids is 1. The number of carbonyl (C=O) groups is 1. The van der Waals surface area contributed by atoms with Gasteiger partial charge in [0.2, 0.25) is 0 Å². The maximum atomic E-state index is 11.7. The number of fused-ring (bicyclic) bond motifs is 3. The molecule has 1 saturated heterocycles. The van der Waals surface area contributed by atoms with Crippen LogP contribution in [0.25, 0.3) is 0 Å². The summed E-state index contributed by atoms with van der Waals surface area (Å²) in [6.07, 6.45) is 4.67. The molecule has 13 heavy (non-hydrogen) atoms. The lowest BCUT2D eigenvalue weighted by molar-refractivity contribution is -0.149. The Morgan fingerprint density at radius 1 is 1.46 bits per heavy atom. The summed E-state index contributed by atoms with van der Waals surface area (Å²) >= 11 is 0. The summed E-state index contributed by atoms with van der Waals surface area (Å²) in [5.74, 6) is 2.44. The van der Waals surface area contributed by atoms with Crippen molar-refractivity contribution in [3.8, 4) is 0 Å². The summed E-state index contributed by atoms with van der Waals surface area (Å²) in [6.45, 7) is 3.01. The summed E-state index contributed by atoms with van der Waals surface area (Å²) < 4.78 is 5.14. The Bertz CT molecular complexity index is 259. The quantitative estimate of drug-likeness (QED) is 0.533. The zero-order valence-corrected chi connectivity index (χ0v) is 8.08. The van der Waals surface area contributed by atoms with Crippen LogP contribution in [-0.2, 0) is 9.53 Å². The second-order valence-electron chi connectivity index (χ2n) is 5.15. The van der Waals surface area contributed by atoms with Gasteiger partial charge in [0.05, 0.1) is 12.0 Å². The Hall–Kier alpha value is -0.530. The van der Waals surface area contributed by atoms with Gasteiger partial charge < -0.3 is 4.74 Å². The van der Waals surface area contributed by atoms with E-state index in [9.17, 15) is 4.79 Å². The number of hydrogen-bond acceptors (Lipinski definition) is 2. The monoisotopic (exact) mass is 180 g/mol. The van der Waals surface area contributed by atoms with Crippen LogP contribution in [0.1, 0.15) is 32.6 Å². The summed E-state index contributed by atoms with van der Waals surface area (Å²) in [6, 6.07) is 0. The van der Waals surface area contributed by atoms with Gasteiger partial charge in [0, 0.05) is 0 Å². The van der Waals surface area contributed by atoms with Gasteiger partial charge in [-0.25, -0.2) is 0 Å². The Balaban J connectivity index is 1.92. The van der Waals surface area contributed by atoms with E-state index in [-0.39, 0.29) is 11.4 Å². The highest BCUT2D eigenvalue weighted by atomic mass is 16.5. The van der Waals surface area contributed by atoms with Crippen LogP contribution in [0.3, 0.4) is 0 Å².